The van der Waals surface area contributed by atoms with Crippen LogP contribution >= 0.6 is 0 Å². The average Bonchev–Trinajstić information content (AvgIpc) is 2.69. The van der Waals surface area contributed by atoms with Crippen molar-refractivity contribution in [3.63, 3.8) is 0 Å². The maximum absolute atomic E-state index is 12.5. The number of anilines is 2. The van der Waals surface area contributed by atoms with E-state index in [1.165, 1.54) is 6.07 Å². The normalized spacial score (nSPS) is 10.1. The second-order valence-corrected chi connectivity index (χ2v) is 5.76. The molecule has 0 aliphatic carbocycles. The number of benzene rings is 3. The summed E-state index contributed by atoms with van der Waals surface area (Å²) in [6.45, 7) is 0. The van der Waals surface area contributed by atoms with Gasteiger partial charge in [0, 0.05) is 16.8 Å². The number of nitrogens with one attached hydrogen (secondary N) is 2. The Morgan fingerprint density at radius 2 is 1.30 bits per heavy atom. The van der Waals surface area contributed by atoms with E-state index in [1.807, 2.05) is 6.07 Å². The summed E-state index contributed by atoms with van der Waals surface area (Å²) in [5.74, 6) is -1.32. The highest BCUT2D eigenvalue weighted by atomic mass is 16.2. The average molecular weight is 359 g/mol. The lowest BCUT2D eigenvalue weighted by atomic mass is 10.1. The van der Waals surface area contributed by atoms with Crippen LogP contribution in [0.15, 0.2) is 78.9 Å². The van der Waals surface area contributed by atoms with Crippen molar-refractivity contribution in [3.05, 3.63) is 95.6 Å². The summed E-state index contributed by atoms with van der Waals surface area (Å²) in [6.07, 6.45) is 0. The fraction of sp³-hybridized carbons (Fsp3) is 0. The van der Waals surface area contributed by atoms with E-state index in [1.54, 1.807) is 66.7 Å². The molecule has 0 aliphatic heterocycles. The van der Waals surface area contributed by atoms with Gasteiger partial charge in [0.05, 0.1) is 11.3 Å². The number of hydrogen-bond donors (Lipinski definition) is 3. The molecule has 134 valence electrons. The molecule has 0 heterocycles. The molecule has 6 nitrogen and oxygen atoms in total. The van der Waals surface area contributed by atoms with Gasteiger partial charge in [0.15, 0.2) is 0 Å². The molecule has 0 saturated carbocycles. The van der Waals surface area contributed by atoms with Crippen molar-refractivity contribution in [1.82, 2.24) is 0 Å². The van der Waals surface area contributed by atoms with Gasteiger partial charge in [-0.2, -0.15) is 0 Å². The van der Waals surface area contributed by atoms with Crippen LogP contribution in [0, 0.1) is 0 Å². The first-order valence-corrected chi connectivity index (χ1v) is 8.21. The molecule has 4 N–H and O–H groups in total. The zero-order chi connectivity index (χ0) is 19.2. The molecule has 0 aromatic heterocycles. The van der Waals surface area contributed by atoms with Gasteiger partial charge >= 0.3 is 0 Å². The van der Waals surface area contributed by atoms with Gasteiger partial charge in [0.2, 0.25) is 0 Å². The summed E-state index contributed by atoms with van der Waals surface area (Å²) >= 11 is 0. The first-order chi connectivity index (χ1) is 13.0. The van der Waals surface area contributed by atoms with Crippen LogP contribution in [-0.2, 0) is 0 Å². The number of carbonyl (C=O) groups is 3. The summed E-state index contributed by atoms with van der Waals surface area (Å²) in [5.41, 5.74) is 7.21. The first-order valence-electron chi connectivity index (χ1n) is 8.21. The summed E-state index contributed by atoms with van der Waals surface area (Å²) in [7, 11) is 0. The Morgan fingerprint density at radius 3 is 2.04 bits per heavy atom. The molecule has 0 aliphatic rings. The van der Waals surface area contributed by atoms with Gasteiger partial charge in [0.25, 0.3) is 17.7 Å². The van der Waals surface area contributed by atoms with Crippen LogP contribution in [0.3, 0.4) is 0 Å². The van der Waals surface area contributed by atoms with Gasteiger partial charge in [-0.25, -0.2) is 0 Å². The molecule has 0 unspecified atom stereocenters. The maximum atomic E-state index is 12.5. The van der Waals surface area contributed by atoms with Crippen molar-refractivity contribution in [1.29, 1.82) is 0 Å². The third-order valence-electron chi connectivity index (χ3n) is 3.86. The van der Waals surface area contributed by atoms with E-state index in [0.29, 0.717) is 22.5 Å². The molecule has 3 aromatic carbocycles. The lowest BCUT2D eigenvalue weighted by Crippen LogP contribution is -2.18. The lowest BCUT2D eigenvalue weighted by molar-refractivity contribution is 0.0998. The number of rotatable bonds is 5. The molecule has 6 heteroatoms. The fourth-order valence-electron chi connectivity index (χ4n) is 2.53. The minimum Gasteiger partial charge on any atom is -0.366 e. The van der Waals surface area contributed by atoms with Crippen molar-refractivity contribution in [2.75, 3.05) is 10.6 Å². The molecule has 0 fully saturated rings. The zero-order valence-corrected chi connectivity index (χ0v) is 14.3. The highest BCUT2D eigenvalue weighted by molar-refractivity contribution is 6.10. The number of primary amides is 1. The highest BCUT2D eigenvalue weighted by Crippen LogP contribution is 2.17. The zero-order valence-electron chi connectivity index (χ0n) is 14.3. The first kappa shape index (κ1) is 17.9. The number of carbonyl (C=O) groups excluding carboxylic acids is 3. The topological polar surface area (TPSA) is 101 Å². The number of nitrogens with two attached hydrogens (primary N) is 1. The quantitative estimate of drug-likeness (QED) is 0.651. The molecular weight excluding hydrogens is 342 g/mol. The molecular formula is C21H17N3O3. The molecule has 0 atom stereocenters. The fourth-order valence-corrected chi connectivity index (χ4v) is 2.53. The van der Waals surface area contributed by atoms with E-state index < -0.39 is 11.8 Å². The molecule has 0 radical (unpaired) electrons. The third kappa shape index (κ3) is 4.38. The van der Waals surface area contributed by atoms with E-state index in [9.17, 15) is 14.4 Å². The molecule has 0 bridgehead atoms. The lowest BCUT2D eigenvalue weighted by Gasteiger charge is -2.10. The van der Waals surface area contributed by atoms with Gasteiger partial charge in [-0.05, 0) is 42.5 Å². The summed E-state index contributed by atoms with van der Waals surface area (Å²) in [4.78, 5) is 36.2. The van der Waals surface area contributed by atoms with E-state index in [-0.39, 0.29) is 11.5 Å². The van der Waals surface area contributed by atoms with Crippen molar-refractivity contribution in [3.8, 4) is 0 Å². The minimum absolute atomic E-state index is 0.222. The van der Waals surface area contributed by atoms with Crippen LogP contribution in [0.5, 0.6) is 0 Å². The molecule has 0 saturated heterocycles. The Hall–Kier alpha value is -3.93. The third-order valence-corrected chi connectivity index (χ3v) is 3.86. The second kappa shape index (κ2) is 7.97. The summed E-state index contributed by atoms with van der Waals surface area (Å²) in [5, 5.41) is 5.42. The van der Waals surface area contributed by atoms with Gasteiger partial charge in [0.1, 0.15) is 0 Å². The van der Waals surface area contributed by atoms with Crippen LogP contribution in [0.25, 0.3) is 0 Å². The van der Waals surface area contributed by atoms with E-state index in [4.69, 9.17) is 5.73 Å². The molecule has 0 spiro atoms. The van der Waals surface area contributed by atoms with E-state index in [2.05, 4.69) is 10.6 Å². The van der Waals surface area contributed by atoms with Crippen molar-refractivity contribution in [2.24, 2.45) is 5.73 Å². The molecule has 27 heavy (non-hydrogen) atoms. The standard InChI is InChI=1S/C21H17N3O3/c22-19(25)17-11-4-5-12-18(17)24-21(27)15-9-6-10-16(13-15)23-20(26)14-7-2-1-3-8-14/h1-13H,(H2,22,25)(H,23,26)(H,24,27). The number of amides is 3. The van der Waals surface area contributed by atoms with Crippen LogP contribution in [0.4, 0.5) is 11.4 Å². The van der Waals surface area contributed by atoms with Gasteiger partial charge in [-0.3, -0.25) is 14.4 Å². The highest BCUT2D eigenvalue weighted by Gasteiger charge is 2.13. The van der Waals surface area contributed by atoms with Gasteiger partial charge < -0.3 is 16.4 Å². The summed E-state index contributed by atoms with van der Waals surface area (Å²) in [6, 6.07) is 21.8. The van der Waals surface area contributed by atoms with E-state index in [0.717, 1.165) is 0 Å². The monoisotopic (exact) mass is 359 g/mol. The smallest absolute Gasteiger partial charge is 0.255 e. The Labute approximate surface area is 156 Å². The van der Waals surface area contributed by atoms with Crippen LogP contribution in [-0.4, -0.2) is 17.7 Å². The Balaban J connectivity index is 1.76. The minimum atomic E-state index is -0.630. The summed E-state index contributed by atoms with van der Waals surface area (Å²) < 4.78 is 0. The van der Waals surface area contributed by atoms with E-state index >= 15 is 0 Å². The molecule has 3 rings (SSSR count). The Bertz CT molecular complexity index is 1000. The van der Waals surface area contributed by atoms with Crippen molar-refractivity contribution < 1.29 is 14.4 Å². The second-order valence-electron chi connectivity index (χ2n) is 5.76. The molecule has 3 aromatic rings. The van der Waals surface area contributed by atoms with Gasteiger partial charge in [-0.1, -0.05) is 36.4 Å². The van der Waals surface area contributed by atoms with Crippen molar-refractivity contribution in [2.45, 2.75) is 0 Å². The van der Waals surface area contributed by atoms with Crippen LogP contribution in [0.1, 0.15) is 31.1 Å². The van der Waals surface area contributed by atoms with Crippen molar-refractivity contribution >= 4 is 29.1 Å². The van der Waals surface area contributed by atoms with Crippen LogP contribution in [0.2, 0.25) is 0 Å². The molecule has 3 amide bonds. The number of hydrogen-bond acceptors (Lipinski definition) is 3. The Kier molecular flexibility index (Phi) is 5.28. The van der Waals surface area contributed by atoms with Crippen LogP contribution < -0.4 is 16.4 Å². The van der Waals surface area contributed by atoms with Gasteiger partial charge in [-0.15, -0.1) is 0 Å². The SMILES string of the molecule is NC(=O)c1ccccc1NC(=O)c1cccc(NC(=O)c2ccccc2)c1. The maximum Gasteiger partial charge on any atom is 0.255 e. The predicted octanol–water partition coefficient (Wildman–Crippen LogP) is 3.29. The number of para-hydroxylation sites is 1. The predicted molar refractivity (Wildman–Crippen MR) is 104 cm³/mol. The largest absolute Gasteiger partial charge is 0.366 e. The Morgan fingerprint density at radius 1 is 0.667 bits per heavy atom.